The lowest BCUT2D eigenvalue weighted by molar-refractivity contribution is -0.130. The Morgan fingerprint density at radius 1 is 1.04 bits per heavy atom. The summed E-state index contributed by atoms with van der Waals surface area (Å²) in [7, 11) is 1.52. The molecule has 126 valence electrons. The van der Waals surface area contributed by atoms with E-state index in [-0.39, 0.29) is 11.2 Å². The molecule has 0 saturated heterocycles. The maximum Gasteiger partial charge on any atom is 0.336 e. The zero-order chi connectivity index (χ0) is 17.7. The lowest BCUT2D eigenvalue weighted by Crippen LogP contribution is -2.22. The Morgan fingerprint density at radius 2 is 1.67 bits per heavy atom. The van der Waals surface area contributed by atoms with Crippen LogP contribution in [0.2, 0.25) is 0 Å². The summed E-state index contributed by atoms with van der Waals surface area (Å²) in [4.78, 5) is 11.7. The molecular formula is C20H22O4. The van der Waals surface area contributed by atoms with E-state index in [0.717, 1.165) is 11.3 Å². The topological polar surface area (TPSA) is 55.8 Å². The van der Waals surface area contributed by atoms with E-state index in [9.17, 15) is 9.90 Å². The number of carboxylic acids is 1. The minimum Gasteiger partial charge on any atom is -0.496 e. The van der Waals surface area contributed by atoms with Gasteiger partial charge in [0.15, 0.2) is 0 Å². The van der Waals surface area contributed by atoms with Gasteiger partial charge in [-0.05, 0) is 50.6 Å². The van der Waals surface area contributed by atoms with Crippen molar-refractivity contribution >= 4 is 17.6 Å². The van der Waals surface area contributed by atoms with Gasteiger partial charge in [0.2, 0.25) is 0 Å². The van der Waals surface area contributed by atoms with E-state index in [4.69, 9.17) is 9.47 Å². The van der Waals surface area contributed by atoms with Crippen molar-refractivity contribution < 1.29 is 19.4 Å². The van der Waals surface area contributed by atoms with Gasteiger partial charge in [0, 0.05) is 5.56 Å². The summed E-state index contributed by atoms with van der Waals surface area (Å²) in [5.41, 5.74) is 1.22. The van der Waals surface area contributed by atoms with E-state index in [1.807, 2.05) is 45.0 Å². The smallest absolute Gasteiger partial charge is 0.336 e. The molecule has 0 aliphatic heterocycles. The van der Waals surface area contributed by atoms with Crippen molar-refractivity contribution in [3.8, 4) is 11.5 Å². The van der Waals surface area contributed by atoms with Crippen molar-refractivity contribution in [2.45, 2.75) is 26.4 Å². The third-order valence-electron chi connectivity index (χ3n) is 3.24. The van der Waals surface area contributed by atoms with Crippen LogP contribution in [-0.4, -0.2) is 23.8 Å². The first-order valence-electron chi connectivity index (χ1n) is 7.67. The second-order valence-corrected chi connectivity index (χ2v) is 6.35. The van der Waals surface area contributed by atoms with Crippen LogP contribution in [0.3, 0.4) is 0 Å². The third kappa shape index (κ3) is 4.62. The minimum atomic E-state index is -1.01. The summed E-state index contributed by atoms with van der Waals surface area (Å²) in [6, 6.07) is 14.4. The number of ether oxygens (including phenoxy) is 2. The Kier molecular flexibility index (Phi) is 5.29. The predicted molar refractivity (Wildman–Crippen MR) is 95.3 cm³/mol. The number of rotatable bonds is 5. The van der Waals surface area contributed by atoms with Crippen LogP contribution in [0.1, 0.15) is 31.9 Å². The molecule has 2 aromatic carbocycles. The molecule has 4 nitrogen and oxygen atoms in total. The van der Waals surface area contributed by atoms with Crippen LogP contribution in [0.15, 0.2) is 48.5 Å². The zero-order valence-corrected chi connectivity index (χ0v) is 14.4. The second kappa shape index (κ2) is 7.21. The molecule has 0 atom stereocenters. The van der Waals surface area contributed by atoms with Gasteiger partial charge in [0.05, 0.1) is 12.7 Å². The van der Waals surface area contributed by atoms with Gasteiger partial charge in [-0.3, -0.25) is 0 Å². The SMILES string of the molecule is COc1ccccc1/C(=C/c1ccc(OC(C)(C)C)cc1)C(=O)O. The van der Waals surface area contributed by atoms with Crippen molar-refractivity contribution in [2.24, 2.45) is 0 Å². The molecule has 0 aliphatic carbocycles. The molecule has 24 heavy (non-hydrogen) atoms. The summed E-state index contributed by atoms with van der Waals surface area (Å²) in [5.74, 6) is 0.266. The summed E-state index contributed by atoms with van der Waals surface area (Å²) in [5, 5.41) is 9.57. The summed E-state index contributed by atoms with van der Waals surface area (Å²) in [6.07, 6.45) is 1.63. The highest BCUT2D eigenvalue weighted by Crippen LogP contribution is 2.28. The molecule has 0 radical (unpaired) electrons. The lowest BCUT2D eigenvalue weighted by atomic mass is 10.0. The molecule has 2 aromatic rings. The van der Waals surface area contributed by atoms with Gasteiger partial charge in [-0.25, -0.2) is 4.79 Å². The van der Waals surface area contributed by atoms with Crippen LogP contribution in [0.25, 0.3) is 11.6 Å². The van der Waals surface area contributed by atoms with E-state index in [1.165, 1.54) is 7.11 Å². The van der Waals surface area contributed by atoms with E-state index in [2.05, 4.69) is 0 Å². The Balaban J connectivity index is 2.36. The van der Waals surface area contributed by atoms with Gasteiger partial charge >= 0.3 is 5.97 Å². The molecule has 0 aromatic heterocycles. The number of carboxylic acid groups (broad SMARTS) is 1. The molecule has 0 bridgehead atoms. The van der Waals surface area contributed by atoms with Crippen molar-refractivity contribution in [3.05, 3.63) is 59.7 Å². The number of para-hydroxylation sites is 1. The Bertz CT molecular complexity index is 737. The van der Waals surface area contributed by atoms with Crippen LogP contribution in [-0.2, 0) is 4.79 Å². The van der Waals surface area contributed by atoms with Crippen molar-refractivity contribution in [1.82, 2.24) is 0 Å². The maximum absolute atomic E-state index is 11.7. The Hall–Kier alpha value is -2.75. The highest BCUT2D eigenvalue weighted by Gasteiger charge is 2.15. The number of hydrogen-bond acceptors (Lipinski definition) is 3. The van der Waals surface area contributed by atoms with Crippen molar-refractivity contribution in [1.29, 1.82) is 0 Å². The summed E-state index contributed by atoms with van der Waals surface area (Å²) < 4.78 is 11.0. The molecule has 4 heteroatoms. The minimum absolute atomic E-state index is 0.178. The fraction of sp³-hybridized carbons (Fsp3) is 0.250. The van der Waals surface area contributed by atoms with Crippen LogP contribution >= 0.6 is 0 Å². The molecule has 1 N–H and O–H groups in total. The highest BCUT2D eigenvalue weighted by molar-refractivity contribution is 6.21. The number of carbonyl (C=O) groups is 1. The molecule has 0 spiro atoms. The van der Waals surface area contributed by atoms with Crippen LogP contribution < -0.4 is 9.47 Å². The molecule has 0 saturated carbocycles. The van der Waals surface area contributed by atoms with Gasteiger partial charge in [0.25, 0.3) is 0 Å². The fourth-order valence-corrected chi connectivity index (χ4v) is 2.27. The van der Waals surface area contributed by atoms with Crippen LogP contribution in [0.5, 0.6) is 11.5 Å². The fourth-order valence-electron chi connectivity index (χ4n) is 2.27. The highest BCUT2D eigenvalue weighted by atomic mass is 16.5. The van der Waals surface area contributed by atoms with Gasteiger partial charge in [0.1, 0.15) is 17.1 Å². The van der Waals surface area contributed by atoms with Gasteiger partial charge in [-0.2, -0.15) is 0 Å². The quantitative estimate of drug-likeness (QED) is 0.649. The number of hydrogen-bond donors (Lipinski definition) is 1. The van der Waals surface area contributed by atoms with Crippen molar-refractivity contribution in [3.63, 3.8) is 0 Å². The molecular weight excluding hydrogens is 304 g/mol. The van der Waals surface area contributed by atoms with E-state index < -0.39 is 5.97 Å². The van der Waals surface area contributed by atoms with Crippen molar-refractivity contribution in [2.75, 3.05) is 7.11 Å². The van der Waals surface area contributed by atoms with Gasteiger partial charge in [-0.1, -0.05) is 30.3 Å². The average Bonchev–Trinajstić information content (AvgIpc) is 2.52. The first-order valence-corrected chi connectivity index (χ1v) is 7.67. The van der Waals surface area contributed by atoms with Gasteiger partial charge in [-0.15, -0.1) is 0 Å². The summed E-state index contributed by atoms with van der Waals surface area (Å²) >= 11 is 0. The molecule has 0 amide bonds. The zero-order valence-electron chi connectivity index (χ0n) is 14.4. The number of methoxy groups -OCH3 is 1. The Morgan fingerprint density at radius 3 is 2.21 bits per heavy atom. The monoisotopic (exact) mass is 326 g/mol. The molecule has 2 rings (SSSR count). The van der Waals surface area contributed by atoms with Crippen LogP contribution in [0.4, 0.5) is 0 Å². The molecule has 0 heterocycles. The predicted octanol–water partition coefficient (Wildman–Crippen LogP) is 4.50. The normalized spacial score (nSPS) is 11.9. The van der Waals surface area contributed by atoms with Gasteiger partial charge < -0.3 is 14.6 Å². The Labute approximate surface area is 142 Å². The third-order valence-corrected chi connectivity index (χ3v) is 3.24. The second-order valence-electron chi connectivity index (χ2n) is 6.35. The molecule has 0 aliphatic rings. The lowest BCUT2D eigenvalue weighted by Gasteiger charge is -2.21. The first kappa shape index (κ1) is 17.6. The first-order chi connectivity index (χ1) is 11.3. The van der Waals surface area contributed by atoms with E-state index in [0.29, 0.717) is 11.3 Å². The van der Waals surface area contributed by atoms with E-state index in [1.54, 1.807) is 30.3 Å². The largest absolute Gasteiger partial charge is 0.496 e. The maximum atomic E-state index is 11.7. The number of aliphatic carboxylic acids is 1. The average molecular weight is 326 g/mol. The molecule has 0 unspecified atom stereocenters. The molecule has 0 fully saturated rings. The summed E-state index contributed by atoms with van der Waals surface area (Å²) in [6.45, 7) is 5.93. The number of benzene rings is 2. The van der Waals surface area contributed by atoms with E-state index >= 15 is 0 Å². The standard InChI is InChI=1S/C20H22O4/c1-20(2,3)24-15-11-9-14(10-12-15)13-17(19(21)22)16-7-5-6-8-18(16)23-4/h5-13H,1-4H3,(H,21,22)/b17-13-. The van der Waals surface area contributed by atoms with Crippen LogP contribution in [0, 0.1) is 0 Å².